The largest absolute Gasteiger partial charge is 0.350 e. The Balaban J connectivity index is 1.67. The first-order chi connectivity index (χ1) is 7.25. The molecule has 0 unspecified atom stereocenters. The normalized spacial score (nSPS) is 15.3. The fourth-order valence-corrected chi connectivity index (χ4v) is 2.57. The number of nitrogens with one attached hydrogen (secondary N) is 2. The lowest BCUT2D eigenvalue weighted by molar-refractivity contribution is 0.0958. The number of carbonyl (C=O) groups excluding carboxylic acids is 1. The molecule has 0 saturated heterocycles. The molecular weight excluding hydrogens is 276 g/mol. The summed E-state index contributed by atoms with van der Waals surface area (Å²) < 4.78 is 0.990. The Labute approximate surface area is 101 Å². The van der Waals surface area contributed by atoms with E-state index in [9.17, 15) is 4.79 Å². The predicted octanol–water partition coefficient (Wildman–Crippen LogP) is 1.99. The third-order valence-electron chi connectivity index (χ3n) is 2.22. The number of hydrogen-bond acceptors (Lipinski definition) is 3. The minimum atomic E-state index is 0.0169. The molecule has 0 spiro atoms. The van der Waals surface area contributed by atoms with Crippen molar-refractivity contribution in [1.29, 1.82) is 0 Å². The number of carbonyl (C=O) groups is 1. The molecular formula is C10H13BrN2OS. The predicted molar refractivity (Wildman–Crippen MR) is 65.4 cm³/mol. The zero-order valence-corrected chi connectivity index (χ0v) is 10.7. The Bertz CT molecular complexity index is 349. The lowest BCUT2D eigenvalue weighted by Crippen LogP contribution is -2.32. The minimum absolute atomic E-state index is 0.0169. The van der Waals surface area contributed by atoms with E-state index in [1.807, 2.05) is 12.1 Å². The standard InChI is InChI=1S/C10H13BrN2OS/c11-9-4-3-8(15-9)10(14)13-6-5-12-7-1-2-7/h3-4,7,12H,1-2,5-6H2,(H,13,14). The second kappa shape index (κ2) is 5.09. The first kappa shape index (κ1) is 11.1. The van der Waals surface area contributed by atoms with Crippen LogP contribution < -0.4 is 10.6 Å². The highest BCUT2D eigenvalue weighted by atomic mass is 79.9. The molecule has 0 aromatic carbocycles. The number of rotatable bonds is 5. The number of amides is 1. The molecule has 0 atom stereocenters. The Morgan fingerprint density at radius 2 is 2.27 bits per heavy atom. The molecule has 2 N–H and O–H groups in total. The van der Waals surface area contributed by atoms with Crippen molar-refractivity contribution in [2.45, 2.75) is 18.9 Å². The van der Waals surface area contributed by atoms with Crippen LogP contribution in [-0.2, 0) is 0 Å². The van der Waals surface area contributed by atoms with E-state index in [1.165, 1.54) is 24.2 Å². The molecule has 3 nitrogen and oxygen atoms in total. The lowest BCUT2D eigenvalue weighted by Gasteiger charge is -2.04. The van der Waals surface area contributed by atoms with Gasteiger partial charge in [0.15, 0.2) is 0 Å². The van der Waals surface area contributed by atoms with Crippen molar-refractivity contribution in [2.75, 3.05) is 13.1 Å². The molecule has 1 aromatic heterocycles. The van der Waals surface area contributed by atoms with Crippen LogP contribution in [0.15, 0.2) is 15.9 Å². The molecule has 1 aromatic rings. The Morgan fingerprint density at radius 3 is 2.87 bits per heavy atom. The molecule has 1 heterocycles. The smallest absolute Gasteiger partial charge is 0.261 e. The van der Waals surface area contributed by atoms with E-state index in [0.29, 0.717) is 12.6 Å². The molecule has 2 rings (SSSR count). The van der Waals surface area contributed by atoms with Gasteiger partial charge in [0.2, 0.25) is 0 Å². The highest BCUT2D eigenvalue weighted by Crippen LogP contribution is 2.21. The van der Waals surface area contributed by atoms with E-state index in [1.54, 1.807) is 0 Å². The second-order valence-electron chi connectivity index (χ2n) is 3.59. The van der Waals surface area contributed by atoms with Crippen LogP contribution in [0.3, 0.4) is 0 Å². The van der Waals surface area contributed by atoms with Crippen molar-refractivity contribution in [3.63, 3.8) is 0 Å². The van der Waals surface area contributed by atoms with Crippen LogP contribution in [0.4, 0.5) is 0 Å². The van der Waals surface area contributed by atoms with Gasteiger partial charge in [-0.15, -0.1) is 11.3 Å². The average Bonchev–Trinajstić information content (AvgIpc) is 2.94. The SMILES string of the molecule is O=C(NCCNC1CC1)c1ccc(Br)s1. The fourth-order valence-electron chi connectivity index (χ4n) is 1.26. The van der Waals surface area contributed by atoms with Gasteiger partial charge in [-0.25, -0.2) is 0 Å². The summed E-state index contributed by atoms with van der Waals surface area (Å²) in [6.45, 7) is 1.56. The van der Waals surface area contributed by atoms with Gasteiger partial charge in [-0.1, -0.05) is 0 Å². The van der Waals surface area contributed by atoms with Crippen molar-refractivity contribution in [3.05, 3.63) is 20.8 Å². The molecule has 82 valence electrons. The molecule has 1 aliphatic rings. The van der Waals surface area contributed by atoms with Crippen LogP contribution >= 0.6 is 27.3 Å². The maximum atomic E-state index is 11.6. The van der Waals surface area contributed by atoms with E-state index in [2.05, 4.69) is 26.6 Å². The summed E-state index contributed by atoms with van der Waals surface area (Å²) in [4.78, 5) is 12.3. The summed E-state index contributed by atoms with van der Waals surface area (Å²) in [6.07, 6.45) is 2.57. The maximum absolute atomic E-state index is 11.6. The molecule has 5 heteroatoms. The molecule has 1 fully saturated rings. The van der Waals surface area contributed by atoms with Crippen molar-refractivity contribution in [3.8, 4) is 0 Å². The number of hydrogen-bond donors (Lipinski definition) is 2. The lowest BCUT2D eigenvalue weighted by atomic mass is 10.4. The van der Waals surface area contributed by atoms with Crippen molar-refractivity contribution >= 4 is 33.2 Å². The van der Waals surface area contributed by atoms with Crippen LogP contribution in [0, 0.1) is 0 Å². The van der Waals surface area contributed by atoms with Gasteiger partial charge in [0.05, 0.1) is 8.66 Å². The van der Waals surface area contributed by atoms with E-state index in [0.717, 1.165) is 15.2 Å². The summed E-state index contributed by atoms with van der Waals surface area (Å²) in [7, 11) is 0. The minimum Gasteiger partial charge on any atom is -0.350 e. The average molecular weight is 289 g/mol. The summed E-state index contributed by atoms with van der Waals surface area (Å²) in [5, 5.41) is 6.23. The van der Waals surface area contributed by atoms with E-state index in [4.69, 9.17) is 0 Å². The van der Waals surface area contributed by atoms with E-state index < -0.39 is 0 Å². The Morgan fingerprint density at radius 1 is 1.47 bits per heavy atom. The summed E-state index contributed by atoms with van der Waals surface area (Å²) >= 11 is 4.79. The third kappa shape index (κ3) is 3.59. The van der Waals surface area contributed by atoms with Crippen molar-refractivity contribution in [2.24, 2.45) is 0 Å². The van der Waals surface area contributed by atoms with Crippen molar-refractivity contribution in [1.82, 2.24) is 10.6 Å². The number of thiophene rings is 1. The first-order valence-electron chi connectivity index (χ1n) is 5.02. The van der Waals surface area contributed by atoms with Gasteiger partial charge >= 0.3 is 0 Å². The highest BCUT2D eigenvalue weighted by molar-refractivity contribution is 9.11. The Hall–Kier alpha value is -0.390. The van der Waals surface area contributed by atoms with Gasteiger partial charge in [-0.2, -0.15) is 0 Å². The molecule has 1 amide bonds. The van der Waals surface area contributed by atoms with Gasteiger partial charge in [-0.05, 0) is 40.9 Å². The molecule has 1 saturated carbocycles. The molecule has 0 bridgehead atoms. The zero-order valence-electron chi connectivity index (χ0n) is 8.25. The fraction of sp³-hybridized carbons (Fsp3) is 0.500. The highest BCUT2D eigenvalue weighted by Gasteiger charge is 2.19. The zero-order chi connectivity index (χ0) is 10.7. The van der Waals surface area contributed by atoms with Crippen LogP contribution in [-0.4, -0.2) is 25.0 Å². The molecule has 0 aliphatic heterocycles. The van der Waals surface area contributed by atoms with Crippen LogP contribution in [0.25, 0.3) is 0 Å². The van der Waals surface area contributed by atoms with Gasteiger partial charge in [0.25, 0.3) is 5.91 Å². The van der Waals surface area contributed by atoms with Crippen molar-refractivity contribution < 1.29 is 4.79 Å². The number of halogens is 1. The van der Waals surface area contributed by atoms with E-state index >= 15 is 0 Å². The van der Waals surface area contributed by atoms with Gasteiger partial charge < -0.3 is 10.6 Å². The van der Waals surface area contributed by atoms with Gasteiger partial charge in [-0.3, -0.25) is 4.79 Å². The molecule has 1 aliphatic carbocycles. The first-order valence-corrected chi connectivity index (χ1v) is 6.63. The quantitative estimate of drug-likeness (QED) is 0.814. The third-order valence-corrected chi connectivity index (χ3v) is 3.84. The van der Waals surface area contributed by atoms with E-state index in [-0.39, 0.29) is 5.91 Å². The summed E-state index contributed by atoms with van der Waals surface area (Å²) in [5.74, 6) is 0.0169. The molecule has 0 radical (unpaired) electrons. The second-order valence-corrected chi connectivity index (χ2v) is 6.05. The monoisotopic (exact) mass is 288 g/mol. The topological polar surface area (TPSA) is 41.1 Å². The Kier molecular flexibility index (Phi) is 3.77. The van der Waals surface area contributed by atoms with Crippen LogP contribution in [0.5, 0.6) is 0 Å². The molecule has 15 heavy (non-hydrogen) atoms. The maximum Gasteiger partial charge on any atom is 0.261 e. The van der Waals surface area contributed by atoms with Gasteiger partial charge in [0.1, 0.15) is 0 Å². The summed E-state index contributed by atoms with van der Waals surface area (Å²) in [6, 6.07) is 4.43. The van der Waals surface area contributed by atoms with Gasteiger partial charge in [0, 0.05) is 19.1 Å². The van der Waals surface area contributed by atoms with Crippen LogP contribution in [0.2, 0.25) is 0 Å². The van der Waals surface area contributed by atoms with Crippen LogP contribution in [0.1, 0.15) is 22.5 Å². The summed E-state index contributed by atoms with van der Waals surface area (Å²) in [5.41, 5.74) is 0.